The maximum absolute atomic E-state index is 6.09. The second-order valence-electron chi connectivity index (χ2n) is 5.92. The summed E-state index contributed by atoms with van der Waals surface area (Å²) in [6.45, 7) is 6.95. The fraction of sp³-hybridized carbons (Fsp3) is 0.533. The molecule has 3 rings (SSSR count). The molecule has 0 unspecified atom stereocenters. The van der Waals surface area contributed by atoms with E-state index in [0.29, 0.717) is 31.4 Å². The smallest absolute Gasteiger partial charge is 0.223 e. The average Bonchev–Trinajstić information content (AvgIpc) is 2.99. The van der Waals surface area contributed by atoms with Crippen molar-refractivity contribution in [2.75, 3.05) is 42.7 Å². The molecular weight excluding hydrogens is 296 g/mol. The number of rotatable bonds is 4. The van der Waals surface area contributed by atoms with Crippen molar-refractivity contribution < 1.29 is 9.26 Å². The van der Waals surface area contributed by atoms with E-state index in [1.165, 1.54) is 0 Å². The molecule has 1 aliphatic heterocycles. The van der Waals surface area contributed by atoms with Crippen LogP contribution in [-0.4, -0.2) is 41.4 Å². The molecule has 4 N–H and O–H groups in total. The third kappa shape index (κ3) is 3.37. The van der Waals surface area contributed by atoms with Gasteiger partial charge < -0.3 is 25.6 Å². The van der Waals surface area contributed by atoms with Crippen LogP contribution in [0.25, 0.3) is 0 Å². The van der Waals surface area contributed by atoms with Crippen LogP contribution in [-0.2, 0) is 11.2 Å². The van der Waals surface area contributed by atoms with Gasteiger partial charge >= 0.3 is 0 Å². The monoisotopic (exact) mass is 318 g/mol. The van der Waals surface area contributed by atoms with Gasteiger partial charge in [-0.3, -0.25) is 0 Å². The second kappa shape index (κ2) is 6.41. The molecule has 1 aliphatic rings. The molecule has 0 aliphatic carbocycles. The molecule has 124 valence electrons. The Hall–Kier alpha value is -2.35. The van der Waals surface area contributed by atoms with Crippen LogP contribution < -0.4 is 16.4 Å². The lowest BCUT2D eigenvalue weighted by molar-refractivity contribution is 0.122. The average molecular weight is 318 g/mol. The molecule has 0 spiro atoms. The van der Waals surface area contributed by atoms with Gasteiger partial charge in [-0.15, -0.1) is 0 Å². The summed E-state index contributed by atoms with van der Waals surface area (Å²) < 4.78 is 10.8. The Labute approximate surface area is 134 Å². The van der Waals surface area contributed by atoms with Gasteiger partial charge in [0.1, 0.15) is 17.4 Å². The summed E-state index contributed by atoms with van der Waals surface area (Å²) in [5.74, 6) is 2.35. The number of hydrogen-bond acceptors (Lipinski definition) is 8. The predicted octanol–water partition coefficient (Wildman–Crippen LogP) is 1.18. The number of ether oxygens (including phenoxy) is 1. The summed E-state index contributed by atoms with van der Waals surface area (Å²) in [5.41, 5.74) is 13.6. The number of nitrogens with zero attached hydrogens (tertiary/aromatic N) is 4. The van der Waals surface area contributed by atoms with E-state index in [9.17, 15) is 0 Å². The SMILES string of the molecule is CC(C)c1cc(Cc2c(N)nc(N)nc2N2CCOCC2)on1. The van der Waals surface area contributed by atoms with E-state index < -0.39 is 0 Å². The van der Waals surface area contributed by atoms with Crippen LogP contribution in [0.5, 0.6) is 0 Å². The zero-order valence-electron chi connectivity index (χ0n) is 13.5. The van der Waals surface area contributed by atoms with E-state index in [1.54, 1.807) is 0 Å². The summed E-state index contributed by atoms with van der Waals surface area (Å²) in [6, 6.07) is 1.95. The van der Waals surface area contributed by atoms with Crippen molar-refractivity contribution in [2.24, 2.45) is 0 Å². The molecule has 23 heavy (non-hydrogen) atoms. The van der Waals surface area contributed by atoms with Crippen LogP contribution in [0.1, 0.15) is 36.8 Å². The van der Waals surface area contributed by atoms with Crippen molar-refractivity contribution in [3.05, 3.63) is 23.1 Å². The van der Waals surface area contributed by atoms with Gasteiger partial charge in [-0.2, -0.15) is 9.97 Å². The molecule has 2 aromatic rings. The molecule has 8 nitrogen and oxygen atoms in total. The predicted molar refractivity (Wildman–Crippen MR) is 87.3 cm³/mol. The standard InChI is InChI=1S/C15H22N6O2/c1-9(2)12-8-10(23-20-12)7-11-13(16)18-15(17)19-14(11)21-3-5-22-6-4-21/h8-9H,3-7H2,1-2H3,(H4,16,17,18,19). The maximum Gasteiger partial charge on any atom is 0.223 e. The number of nitrogen functional groups attached to an aromatic ring is 2. The van der Waals surface area contributed by atoms with Crippen LogP contribution in [0, 0.1) is 0 Å². The lowest BCUT2D eigenvalue weighted by atomic mass is 10.1. The molecule has 2 aromatic heterocycles. The van der Waals surface area contributed by atoms with Gasteiger partial charge in [0, 0.05) is 31.1 Å². The highest BCUT2D eigenvalue weighted by atomic mass is 16.5. The van der Waals surface area contributed by atoms with Gasteiger partial charge in [0.2, 0.25) is 5.95 Å². The van der Waals surface area contributed by atoms with Crippen molar-refractivity contribution in [1.82, 2.24) is 15.1 Å². The zero-order chi connectivity index (χ0) is 16.4. The quantitative estimate of drug-likeness (QED) is 0.863. The van der Waals surface area contributed by atoms with E-state index in [4.69, 9.17) is 20.7 Å². The first-order valence-electron chi connectivity index (χ1n) is 7.74. The third-order valence-corrected chi connectivity index (χ3v) is 3.86. The molecule has 0 amide bonds. The summed E-state index contributed by atoms with van der Waals surface area (Å²) >= 11 is 0. The summed E-state index contributed by atoms with van der Waals surface area (Å²) in [7, 11) is 0. The first-order chi connectivity index (χ1) is 11.0. The van der Waals surface area contributed by atoms with Crippen LogP contribution in [0.4, 0.5) is 17.6 Å². The van der Waals surface area contributed by atoms with E-state index in [0.717, 1.165) is 35.9 Å². The fourth-order valence-corrected chi connectivity index (χ4v) is 2.57. The Bertz CT molecular complexity index is 679. The van der Waals surface area contributed by atoms with Crippen molar-refractivity contribution in [3.8, 4) is 0 Å². The van der Waals surface area contributed by atoms with E-state index in [1.807, 2.05) is 6.07 Å². The van der Waals surface area contributed by atoms with Crippen molar-refractivity contribution in [2.45, 2.75) is 26.2 Å². The highest BCUT2D eigenvalue weighted by molar-refractivity contribution is 5.61. The zero-order valence-corrected chi connectivity index (χ0v) is 13.5. The van der Waals surface area contributed by atoms with Crippen molar-refractivity contribution in [3.63, 3.8) is 0 Å². The Morgan fingerprint density at radius 3 is 2.61 bits per heavy atom. The van der Waals surface area contributed by atoms with Crippen molar-refractivity contribution in [1.29, 1.82) is 0 Å². The first-order valence-corrected chi connectivity index (χ1v) is 7.74. The normalized spacial score (nSPS) is 15.3. The minimum atomic E-state index is 0.174. The molecule has 0 aromatic carbocycles. The van der Waals surface area contributed by atoms with Crippen molar-refractivity contribution >= 4 is 17.6 Å². The fourth-order valence-electron chi connectivity index (χ4n) is 2.57. The molecule has 8 heteroatoms. The lowest BCUT2D eigenvalue weighted by Crippen LogP contribution is -2.37. The summed E-state index contributed by atoms with van der Waals surface area (Å²) in [4.78, 5) is 10.6. The molecule has 1 saturated heterocycles. The lowest BCUT2D eigenvalue weighted by Gasteiger charge is -2.29. The highest BCUT2D eigenvalue weighted by Crippen LogP contribution is 2.28. The number of anilines is 3. The molecule has 1 fully saturated rings. The number of morpholine rings is 1. The van der Waals surface area contributed by atoms with E-state index in [2.05, 4.69) is 33.9 Å². The van der Waals surface area contributed by atoms with Crippen LogP contribution in [0.15, 0.2) is 10.6 Å². The minimum absolute atomic E-state index is 0.174. The number of hydrogen-bond donors (Lipinski definition) is 2. The van der Waals surface area contributed by atoms with Gasteiger partial charge in [0.25, 0.3) is 0 Å². The Kier molecular flexibility index (Phi) is 4.33. The van der Waals surface area contributed by atoms with Crippen LogP contribution in [0.3, 0.4) is 0 Å². The minimum Gasteiger partial charge on any atom is -0.383 e. The maximum atomic E-state index is 6.09. The van der Waals surface area contributed by atoms with Gasteiger partial charge in [-0.05, 0) is 5.92 Å². The Balaban J connectivity index is 1.93. The summed E-state index contributed by atoms with van der Waals surface area (Å²) in [5, 5.41) is 4.09. The first kappa shape index (κ1) is 15.5. The second-order valence-corrected chi connectivity index (χ2v) is 5.92. The van der Waals surface area contributed by atoms with Gasteiger partial charge in [-0.1, -0.05) is 19.0 Å². The van der Waals surface area contributed by atoms with Crippen LogP contribution in [0.2, 0.25) is 0 Å². The molecule has 0 saturated carbocycles. The largest absolute Gasteiger partial charge is 0.383 e. The van der Waals surface area contributed by atoms with Gasteiger partial charge in [0.15, 0.2) is 0 Å². The van der Waals surface area contributed by atoms with Crippen LogP contribution >= 0.6 is 0 Å². The van der Waals surface area contributed by atoms with E-state index in [-0.39, 0.29) is 5.95 Å². The van der Waals surface area contributed by atoms with E-state index >= 15 is 0 Å². The Morgan fingerprint density at radius 1 is 1.22 bits per heavy atom. The molecule has 3 heterocycles. The van der Waals surface area contributed by atoms with Gasteiger partial charge in [-0.25, -0.2) is 0 Å². The third-order valence-electron chi connectivity index (χ3n) is 3.86. The Morgan fingerprint density at radius 2 is 1.96 bits per heavy atom. The number of nitrogens with two attached hydrogens (primary N) is 2. The van der Waals surface area contributed by atoms with Gasteiger partial charge in [0.05, 0.1) is 18.9 Å². The topological polar surface area (TPSA) is 116 Å². The summed E-state index contributed by atoms with van der Waals surface area (Å²) in [6.07, 6.45) is 0.485. The molecule has 0 radical (unpaired) electrons. The highest BCUT2D eigenvalue weighted by Gasteiger charge is 2.21. The molecular formula is C15H22N6O2. The molecule has 0 bridgehead atoms. The number of aromatic nitrogens is 3. The molecule has 0 atom stereocenters.